The molecule has 0 bridgehead atoms. The summed E-state index contributed by atoms with van der Waals surface area (Å²) in [4.78, 5) is 31.9. The van der Waals surface area contributed by atoms with E-state index >= 15 is 0 Å². The molecule has 0 saturated carbocycles. The molecule has 0 aliphatic carbocycles. The van der Waals surface area contributed by atoms with Gasteiger partial charge in [0.1, 0.15) is 6.10 Å². The van der Waals surface area contributed by atoms with Gasteiger partial charge in [-0.25, -0.2) is 0 Å². The summed E-state index contributed by atoms with van der Waals surface area (Å²) < 4.78 is 19.6. The predicted molar refractivity (Wildman–Crippen MR) is 61.9 cm³/mol. The van der Waals surface area contributed by atoms with Crippen molar-refractivity contribution in [2.75, 3.05) is 13.7 Å². The van der Waals surface area contributed by atoms with E-state index in [9.17, 15) is 19.5 Å². The second kappa shape index (κ2) is 7.78. The number of hydrogen-bond donors (Lipinski definition) is 2. The fourth-order valence-corrected chi connectivity index (χ4v) is 2.13. The van der Waals surface area contributed by atoms with Gasteiger partial charge in [0.15, 0.2) is 6.29 Å². The van der Waals surface area contributed by atoms with Crippen molar-refractivity contribution >= 4 is 18.9 Å². The van der Waals surface area contributed by atoms with Crippen LogP contribution < -0.4 is 5.32 Å². The maximum atomic E-state index is 11.2. The normalized spacial score (nSPS) is 33.0. The van der Waals surface area contributed by atoms with Crippen molar-refractivity contribution in [1.29, 1.82) is 0 Å². The number of aliphatic hydroxyl groups is 1. The Labute approximate surface area is 115 Å². The van der Waals surface area contributed by atoms with Gasteiger partial charge in [-0.15, -0.1) is 0 Å². The van der Waals surface area contributed by atoms with Crippen LogP contribution in [-0.4, -0.2) is 62.4 Å². The van der Waals surface area contributed by atoms with Crippen LogP contribution in [-0.2, 0) is 33.3 Å². The quantitative estimate of drug-likeness (QED) is 0.524. The Bertz CT molecular complexity index is 349. The topological polar surface area (TPSA) is 120 Å². The predicted octanol–water partition coefficient (Wildman–Crippen LogP) is -1.86. The lowest BCUT2D eigenvalue weighted by Gasteiger charge is -2.42. The van der Waals surface area contributed by atoms with Crippen molar-refractivity contribution in [3.8, 4) is 0 Å². The molecule has 1 saturated heterocycles. The first-order chi connectivity index (χ1) is 9.54. The summed E-state index contributed by atoms with van der Waals surface area (Å²) in [5.41, 5.74) is 0. The van der Waals surface area contributed by atoms with Crippen molar-refractivity contribution in [2.24, 2.45) is 5.92 Å². The summed E-state index contributed by atoms with van der Waals surface area (Å²) in [5.74, 6) is -1.05. The van der Waals surface area contributed by atoms with Crippen molar-refractivity contribution in [2.45, 2.75) is 31.6 Å². The molecule has 1 rings (SSSR count). The summed E-state index contributed by atoms with van der Waals surface area (Å²) in [5, 5.41) is 12.3. The van der Waals surface area contributed by atoms with Crippen LogP contribution in [0.4, 0.5) is 0 Å². The summed E-state index contributed by atoms with van der Waals surface area (Å²) >= 11 is 0. The Kier molecular flexibility index (Phi) is 6.36. The second-order valence-corrected chi connectivity index (χ2v) is 4.15. The summed E-state index contributed by atoms with van der Waals surface area (Å²) in [6, 6.07) is -0.871. The molecule has 9 nitrogen and oxygen atoms in total. The van der Waals surface area contributed by atoms with Crippen molar-refractivity contribution < 1.29 is 38.4 Å². The molecule has 5 atom stereocenters. The molecule has 0 spiro atoms. The van der Waals surface area contributed by atoms with Gasteiger partial charge in [0, 0.05) is 14.0 Å². The van der Waals surface area contributed by atoms with Crippen LogP contribution in [0.25, 0.3) is 0 Å². The lowest BCUT2D eigenvalue weighted by molar-refractivity contribution is -0.302. The minimum atomic E-state index is -1.43. The van der Waals surface area contributed by atoms with E-state index in [0.29, 0.717) is 0 Å². The minimum Gasteiger partial charge on any atom is -0.467 e. The van der Waals surface area contributed by atoms with Gasteiger partial charge in [-0.3, -0.25) is 14.4 Å². The Morgan fingerprint density at radius 1 is 1.40 bits per heavy atom. The first kappa shape index (κ1) is 16.3. The van der Waals surface area contributed by atoms with Crippen molar-refractivity contribution in [3.63, 3.8) is 0 Å². The number of aliphatic hydroxyl groups excluding tert-OH is 1. The lowest BCUT2D eigenvalue weighted by Crippen LogP contribution is -2.62. The van der Waals surface area contributed by atoms with Gasteiger partial charge in [0.05, 0.1) is 18.6 Å². The Balaban J connectivity index is 2.94. The fourth-order valence-electron chi connectivity index (χ4n) is 2.13. The van der Waals surface area contributed by atoms with E-state index in [2.05, 4.69) is 14.8 Å². The molecular weight excluding hydrogens is 274 g/mol. The van der Waals surface area contributed by atoms with Gasteiger partial charge in [0.25, 0.3) is 12.9 Å². The molecule has 114 valence electrons. The van der Waals surface area contributed by atoms with E-state index in [1.54, 1.807) is 0 Å². The standard InChI is InChI=1S/C11H17NO8/c1-6(15)12-8-7(3-18-4-13)9(17-2)11(19-5-14)20-10(8)16/h4-5,7-11,16H,3H2,1-2H3,(H,12,15)/t7?,8-,9-,10+,11?/m0/s1. The van der Waals surface area contributed by atoms with Gasteiger partial charge in [0.2, 0.25) is 12.2 Å². The molecule has 0 aromatic rings. The second-order valence-electron chi connectivity index (χ2n) is 4.15. The molecule has 9 heteroatoms. The molecule has 0 aromatic carbocycles. The van der Waals surface area contributed by atoms with E-state index < -0.39 is 36.6 Å². The van der Waals surface area contributed by atoms with Crippen LogP contribution in [0, 0.1) is 5.92 Å². The maximum Gasteiger partial charge on any atom is 0.295 e. The summed E-state index contributed by atoms with van der Waals surface area (Å²) in [6.07, 6.45) is -3.42. The van der Waals surface area contributed by atoms with Crippen LogP contribution in [0.5, 0.6) is 0 Å². The Morgan fingerprint density at radius 3 is 2.60 bits per heavy atom. The van der Waals surface area contributed by atoms with Gasteiger partial charge in [-0.1, -0.05) is 0 Å². The molecule has 1 aliphatic rings. The number of ether oxygens (including phenoxy) is 4. The minimum absolute atomic E-state index is 0.147. The summed E-state index contributed by atoms with van der Waals surface area (Å²) in [7, 11) is 1.34. The number of methoxy groups -OCH3 is 1. The molecule has 1 fully saturated rings. The summed E-state index contributed by atoms with van der Waals surface area (Å²) in [6.45, 7) is 1.50. The molecular formula is C11H17NO8. The van der Waals surface area contributed by atoms with Gasteiger partial charge >= 0.3 is 0 Å². The van der Waals surface area contributed by atoms with Crippen molar-refractivity contribution in [3.05, 3.63) is 0 Å². The largest absolute Gasteiger partial charge is 0.467 e. The van der Waals surface area contributed by atoms with Crippen LogP contribution in [0.2, 0.25) is 0 Å². The van der Waals surface area contributed by atoms with E-state index in [4.69, 9.17) is 9.47 Å². The van der Waals surface area contributed by atoms with Crippen LogP contribution >= 0.6 is 0 Å². The van der Waals surface area contributed by atoms with Gasteiger partial charge < -0.3 is 29.4 Å². The highest BCUT2D eigenvalue weighted by Crippen LogP contribution is 2.28. The third-order valence-electron chi connectivity index (χ3n) is 2.92. The number of hydrogen-bond acceptors (Lipinski definition) is 8. The van der Waals surface area contributed by atoms with Gasteiger partial charge in [-0.05, 0) is 0 Å². The van der Waals surface area contributed by atoms with Gasteiger partial charge in [-0.2, -0.15) is 0 Å². The Morgan fingerprint density at radius 2 is 2.10 bits per heavy atom. The zero-order chi connectivity index (χ0) is 15.1. The lowest BCUT2D eigenvalue weighted by atomic mass is 9.90. The van der Waals surface area contributed by atoms with Crippen LogP contribution in [0.3, 0.4) is 0 Å². The molecule has 20 heavy (non-hydrogen) atoms. The zero-order valence-electron chi connectivity index (χ0n) is 11.1. The van der Waals surface area contributed by atoms with E-state index in [1.807, 2.05) is 0 Å². The first-order valence-electron chi connectivity index (χ1n) is 5.83. The number of nitrogens with one attached hydrogen (secondary N) is 1. The molecule has 1 amide bonds. The van der Waals surface area contributed by atoms with E-state index in [1.165, 1.54) is 14.0 Å². The van der Waals surface area contributed by atoms with E-state index in [-0.39, 0.29) is 19.6 Å². The van der Waals surface area contributed by atoms with E-state index in [0.717, 1.165) is 0 Å². The molecule has 1 aliphatic heterocycles. The SMILES string of the molecule is CO[C@@H]1C(OC=O)O[C@@H](O)[C@@H](NC(C)=O)C1COC=O. The first-order valence-corrected chi connectivity index (χ1v) is 5.83. The fraction of sp³-hybridized carbons (Fsp3) is 0.727. The maximum absolute atomic E-state index is 11.2. The molecule has 0 radical (unpaired) electrons. The number of carbonyl (C=O) groups excluding carboxylic acids is 3. The average molecular weight is 291 g/mol. The molecule has 1 heterocycles. The molecule has 0 aromatic heterocycles. The highest BCUT2D eigenvalue weighted by Gasteiger charge is 2.47. The van der Waals surface area contributed by atoms with Crippen molar-refractivity contribution in [1.82, 2.24) is 5.32 Å². The average Bonchev–Trinajstić information content (AvgIpc) is 2.39. The third-order valence-corrected chi connectivity index (χ3v) is 2.92. The number of amides is 1. The number of rotatable bonds is 7. The van der Waals surface area contributed by atoms with Crippen LogP contribution in [0.1, 0.15) is 6.92 Å². The highest BCUT2D eigenvalue weighted by atomic mass is 16.8. The monoisotopic (exact) mass is 291 g/mol. The molecule has 2 N–H and O–H groups in total. The third kappa shape index (κ3) is 3.89. The smallest absolute Gasteiger partial charge is 0.295 e. The zero-order valence-corrected chi connectivity index (χ0v) is 11.1. The highest BCUT2D eigenvalue weighted by molar-refractivity contribution is 5.73. The molecule has 2 unspecified atom stereocenters. The van der Waals surface area contributed by atoms with Crippen LogP contribution in [0.15, 0.2) is 0 Å². The number of carbonyl (C=O) groups is 3. The Hall–Kier alpha value is -1.71.